The Bertz CT molecular complexity index is 628. The first-order chi connectivity index (χ1) is 8.52. The van der Waals surface area contributed by atoms with Crippen LogP contribution in [0.2, 0.25) is 5.02 Å². The maximum absolute atomic E-state index is 14.0. The summed E-state index contributed by atoms with van der Waals surface area (Å²) in [5.74, 6) is -1.75. The second-order valence-electron chi connectivity index (χ2n) is 3.57. The molecule has 2 aromatic carbocycles. The molecule has 0 radical (unpaired) electrons. The molecular formula is C13H7BrClFO2. The number of hydrogen-bond acceptors (Lipinski definition) is 1. The largest absolute Gasteiger partial charge is 0.478 e. The number of benzene rings is 2. The van der Waals surface area contributed by atoms with Crippen LogP contribution in [0, 0.1) is 5.82 Å². The number of carboxylic acid groups (broad SMARTS) is 1. The van der Waals surface area contributed by atoms with Crippen LogP contribution in [-0.4, -0.2) is 11.1 Å². The fourth-order valence-corrected chi connectivity index (χ4v) is 2.11. The molecule has 2 nitrogen and oxygen atoms in total. The Balaban J connectivity index is 2.70. The van der Waals surface area contributed by atoms with Crippen molar-refractivity contribution in [1.29, 1.82) is 0 Å². The van der Waals surface area contributed by atoms with Crippen LogP contribution in [0.1, 0.15) is 10.4 Å². The molecule has 1 N–H and O–H groups in total. The van der Waals surface area contributed by atoms with E-state index in [2.05, 4.69) is 15.9 Å². The van der Waals surface area contributed by atoms with Crippen molar-refractivity contribution in [3.05, 3.63) is 57.3 Å². The first kappa shape index (κ1) is 13.1. The quantitative estimate of drug-likeness (QED) is 0.817. The monoisotopic (exact) mass is 328 g/mol. The summed E-state index contributed by atoms with van der Waals surface area (Å²) in [6, 6.07) is 9.29. The van der Waals surface area contributed by atoms with Gasteiger partial charge in [-0.15, -0.1) is 0 Å². The van der Waals surface area contributed by atoms with Crippen LogP contribution in [0.3, 0.4) is 0 Å². The van der Waals surface area contributed by atoms with E-state index in [1.807, 2.05) is 0 Å². The molecule has 2 aromatic rings. The summed E-state index contributed by atoms with van der Waals surface area (Å²) >= 11 is 8.91. The minimum absolute atomic E-state index is 0.0368. The van der Waals surface area contributed by atoms with Crippen molar-refractivity contribution in [2.45, 2.75) is 0 Å². The van der Waals surface area contributed by atoms with Gasteiger partial charge in [0, 0.05) is 10.0 Å². The topological polar surface area (TPSA) is 37.3 Å². The number of hydrogen-bond donors (Lipinski definition) is 1. The maximum atomic E-state index is 14.0. The van der Waals surface area contributed by atoms with E-state index in [1.54, 1.807) is 24.3 Å². The predicted molar refractivity (Wildman–Crippen MR) is 71.5 cm³/mol. The van der Waals surface area contributed by atoms with Crippen LogP contribution >= 0.6 is 27.5 Å². The van der Waals surface area contributed by atoms with Crippen molar-refractivity contribution in [1.82, 2.24) is 0 Å². The molecule has 0 saturated heterocycles. The minimum atomic E-state index is -1.11. The molecule has 0 heterocycles. The van der Waals surface area contributed by atoms with Crippen LogP contribution in [0.25, 0.3) is 11.1 Å². The fourth-order valence-electron chi connectivity index (χ4n) is 1.64. The van der Waals surface area contributed by atoms with Gasteiger partial charge in [0.1, 0.15) is 0 Å². The van der Waals surface area contributed by atoms with Crippen LogP contribution in [0.4, 0.5) is 4.39 Å². The van der Waals surface area contributed by atoms with Gasteiger partial charge < -0.3 is 5.11 Å². The molecule has 0 unspecified atom stereocenters. The average molecular weight is 330 g/mol. The lowest BCUT2D eigenvalue weighted by molar-refractivity contribution is 0.0697. The zero-order valence-electron chi connectivity index (χ0n) is 8.95. The van der Waals surface area contributed by atoms with Gasteiger partial charge in [-0.2, -0.15) is 0 Å². The molecule has 2 rings (SSSR count). The summed E-state index contributed by atoms with van der Waals surface area (Å²) in [4.78, 5) is 11.1. The minimum Gasteiger partial charge on any atom is -0.478 e. The summed E-state index contributed by atoms with van der Waals surface area (Å²) in [6.45, 7) is 0. The van der Waals surface area contributed by atoms with Crippen LogP contribution < -0.4 is 0 Å². The van der Waals surface area contributed by atoms with E-state index in [0.717, 1.165) is 0 Å². The Morgan fingerprint density at radius 3 is 2.50 bits per heavy atom. The van der Waals surface area contributed by atoms with E-state index in [-0.39, 0.29) is 16.1 Å². The highest BCUT2D eigenvalue weighted by atomic mass is 79.9. The number of halogens is 3. The first-order valence-electron chi connectivity index (χ1n) is 4.98. The average Bonchev–Trinajstić information content (AvgIpc) is 2.36. The number of carboxylic acids is 1. The Kier molecular flexibility index (Phi) is 3.68. The molecule has 0 aliphatic heterocycles. The molecule has 0 bridgehead atoms. The van der Waals surface area contributed by atoms with Gasteiger partial charge in [0.15, 0.2) is 5.82 Å². The van der Waals surface area contributed by atoms with Crippen LogP contribution in [0.15, 0.2) is 40.9 Å². The van der Waals surface area contributed by atoms with Gasteiger partial charge in [-0.25, -0.2) is 9.18 Å². The highest BCUT2D eigenvalue weighted by Gasteiger charge is 2.17. The van der Waals surface area contributed by atoms with Crippen LogP contribution in [-0.2, 0) is 0 Å². The van der Waals surface area contributed by atoms with E-state index >= 15 is 0 Å². The molecule has 5 heteroatoms. The van der Waals surface area contributed by atoms with Gasteiger partial charge in [-0.1, -0.05) is 35.9 Å². The third kappa shape index (κ3) is 2.26. The van der Waals surface area contributed by atoms with Gasteiger partial charge in [-0.05, 0) is 33.6 Å². The zero-order valence-corrected chi connectivity index (χ0v) is 11.3. The molecule has 0 amide bonds. The van der Waals surface area contributed by atoms with Crippen molar-refractivity contribution in [3.8, 4) is 11.1 Å². The second-order valence-corrected chi connectivity index (χ2v) is 4.81. The summed E-state index contributed by atoms with van der Waals surface area (Å²) in [5, 5.41) is 9.01. The number of carbonyl (C=O) groups is 1. The molecule has 0 spiro atoms. The van der Waals surface area contributed by atoms with Crippen molar-refractivity contribution >= 4 is 33.5 Å². The molecule has 92 valence electrons. The van der Waals surface area contributed by atoms with E-state index in [0.29, 0.717) is 10.0 Å². The summed E-state index contributed by atoms with van der Waals surface area (Å²) in [6.07, 6.45) is 0. The van der Waals surface area contributed by atoms with E-state index in [1.165, 1.54) is 12.1 Å². The Hall–Kier alpha value is -1.39. The Labute approximate surface area is 116 Å². The lowest BCUT2D eigenvalue weighted by atomic mass is 9.99. The standard InChI is InChI=1S/C13H7BrClFO2/c14-10-6-5-8(12(16)11(10)15)7-3-1-2-4-9(7)13(17)18/h1-6H,(H,17,18). The lowest BCUT2D eigenvalue weighted by Gasteiger charge is -2.09. The summed E-state index contributed by atoms with van der Waals surface area (Å²) in [7, 11) is 0. The smallest absolute Gasteiger partial charge is 0.336 e. The molecule has 0 aromatic heterocycles. The third-order valence-electron chi connectivity index (χ3n) is 2.48. The van der Waals surface area contributed by atoms with Crippen molar-refractivity contribution in [2.75, 3.05) is 0 Å². The molecule has 0 saturated carbocycles. The van der Waals surface area contributed by atoms with Gasteiger partial charge in [0.2, 0.25) is 0 Å². The summed E-state index contributed by atoms with van der Waals surface area (Å²) in [5.41, 5.74) is 0.507. The molecule has 0 fully saturated rings. The predicted octanol–water partition coefficient (Wildman–Crippen LogP) is 4.61. The van der Waals surface area contributed by atoms with E-state index in [9.17, 15) is 9.18 Å². The SMILES string of the molecule is O=C(O)c1ccccc1-c1ccc(Br)c(Cl)c1F. The van der Waals surface area contributed by atoms with E-state index in [4.69, 9.17) is 16.7 Å². The zero-order chi connectivity index (χ0) is 13.3. The van der Waals surface area contributed by atoms with Crippen molar-refractivity contribution in [3.63, 3.8) is 0 Å². The van der Waals surface area contributed by atoms with Crippen molar-refractivity contribution < 1.29 is 14.3 Å². The lowest BCUT2D eigenvalue weighted by Crippen LogP contribution is -2.00. The third-order valence-corrected chi connectivity index (χ3v) is 3.74. The van der Waals surface area contributed by atoms with E-state index < -0.39 is 11.8 Å². The van der Waals surface area contributed by atoms with Gasteiger partial charge >= 0.3 is 5.97 Å². The molecule has 18 heavy (non-hydrogen) atoms. The molecule has 0 aliphatic carbocycles. The Morgan fingerprint density at radius 1 is 1.17 bits per heavy atom. The number of rotatable bonds is 2. The Morgan fingerprint density at radius 2 is 1.83 bits per heavy atom. The maximum Gasteiger partial charge on any atom is 0.336 e. The first-order valence-corrected chi connectivity index (χ1v) is 6.15. The van der Waals surface area contributed by atoms with Crippen LogP contribution in [0.5, 0.6) is 0 Å². The van der Waals surface area contributed by atoms with Gasteiger partial charge in [0.25, 0.3) is 0 Å². The molecular weight excluding hydrogens is 322 g/mol. The molecule has 0 aliphatic rings. The second kappa shape index (κ2) is 5.08. The fraction of sp³-hybridized carbons (Fsp3) is 0. The highest BCUT2D eigenvalue weighted by Crippen LogP contribution is 2.34. The molecule has 0 atom stereocenters. The van der Waals surface area contributed by atoms with Gasteiger partial charge in [-0.3, -0.25) is 0 Å². The number of aromatic carboxylic acids is 1. The highest BCUT2D eigenvalue weighted by molar-refractivity contribution is 9.10. The van der Waals surface area contributed by atoms with Crippen molar-refractivity contribution in [2.24, 2.45) is 0 Å². The summed E-state index contributed by atoms with van der Waals surface area (Å²) < 4.78 is 14.5. The van der Waals surface area contributed by atoms with Gasteiger partial charge in [0.05, 0.1) is 10.6 Å². The normalized spacial score (nSPS) is 10.4.